The van der Waals surface area contributed by atoms with Crippen LogP contribution in [0.15, 0.2) is 18.2 Å². The number of nitrogens with one attached hydrogen (secondary N) is 1. The summed E-state index contributed by atoms with van der Waals surface area (Å²) in [5.74, 6) is 0. The fraction of sp³-hybridized carbons (Fsp3) is 0.400. The Hall–Kier alpha value is -0.440. The molecular weight excluding hydrogens is 219 g/mol. The van der Waals surface area contributed by atoms with Crippen LogP contribution in [-0.2, 0) is 0 Å². The lowest BCUT2D eigenvalue weighted by Gasteiger charge is -2.20. The third-order valence-corrected chi connectivity index (χ3v) is 2.57. The molecule has 0 radical (unpaired) electrons. The Labute approximate surface area is 94.8 Å². The lowest BCUT2D eigenvalue weighted by atomic mass is 10.3. The van der Waals surface area contributed by atoms with Crippen molar-refractivity contribution in [2.45, 2.75) is 0 Å². The summed E-state index contributed by atoms with van der Waals surface area (Å²) >= 11 is 11.9. The molecule has 0 aliphatic carbocycles. The average molecular weight is 233 g/mol. The second kappa shape index (κ2) is 5.44. The summed E-state index contributed by atoms with van der Waals surface area (Å²) in [7, 11) is 3.92. The van der Waals surface area contributed by atoms with Gasteiger partial charge in [-0.1, -0.05) is 23.2 Å². The highest BCUT2D eigenvalue weighted by Crippen LogP contribution is 2.27. The van der Waals surface area contributed by atoms with E-state index in [1.165, 1.54) is 0 Å². The second-order valence-electron chi connectivity index (χ2n) is 3.12. The minimum Gasteiger partial charge on any atom is -0.372 e. The summed E-state index contributed by atoms with van der Waals surface area (Å²) in [6, 6.07) is 5.48. The van der Waals surface area contributed by atoms with E-state index in [1.807, 2.05) is 26.2 Å². The molecule has 4 heteroatoms. The van der Waals surface area contributed by atoms with E-state index in [4.69, 9.17) is 23.2 Å². The molecular formula is C10H14Cl2N2. The summed E-state index contributed by atoms with van der Waals surface area (Å²) in [5, 5.41) is 4.52. The van der Waals surface area contributed by atoms with Crippen LogP contribution in [0.25, 0.3) is 0 Å². The topological polar surface area (TPSA) is 15.3 Å². The zero-order valence-electron chi connectivity index (χ0n) is 8.35. The van der Waals surface area contributed by atoms with Gasteiger partial charge in [0, 0.05) is 25.2 Å². The molecule has 2 nitrogen and oxygen atoms in total. The highest BCUT2D eigenvalue weighted by molar-refractivity contribution is 6.35. The highest BCUT2D eigenvalue weighted by atomic mass is 35.5. The summed E-state index contributed by atoms with van der Waals surface area (Å²) in [5.41, 5.74) is 0.967. The summed E-state index contributed by atoms with van der Waals surface area (Å²) in [6.07, 6.45) is 0. The maximum atomic E-state index is 6.05. The van der Waals surface area contributed by atoms with Gasteiger partial charge in [-0.3, -0.25) is 0 Å². The quantitative estimate of drug-likeness (QED) is 0.859. The number of rotatable bonds is 4. The molecule has 0 saturated heterocycles. The van der Waals surface area contributed by atoms with Crippen molar-refractivity contribution in [1.29, 1.82) is 0 Å². The van der Waals surface area contributed by atoms with Crippen LogP contribution in [0.5, 0.6) is 0 Å². The first kappa shape index (κ1) is 11.6. The Morgan fingerprint density at radius 3 is 2.71 bits per heavy atom. The first-order valence-electron chi connectivity index (χ1n) is 4.46. The molecule has 14 heavy (non-hydrogen) atoms. The maximum Gasteiger partial charge on any atom is 0.0640 e. The van der Waals surface area contributed by atoms with Gasteiger partial charge >= 0.3 is 0 Å². The first-order valence-corrected chi connectivity index (χ1v) is 5.21. The molecule has 0 aliphatic heterocycles. The van der Waals surface area contributed by atoms with Crippen LogP contribution in [0.3, 0.4) is 0 Å². The lowest BCUT2D eigenvalue weighted by Crippen LogP contribution is -2.27. The molecule has 1 aromatic carbocycles. The van der Waals surface area contributed by atoms with Crippen molar-refractivity contribution >= 4 is 28.9 Å². The molecule has 0 heterocycles. The van der Waals surface area contributed by atoms with Gasteiger partial charge in [-0.15, -0.1) is 0 Å². The summed E-state index contributed by atoms with van der Waals surface area (Å²) < 4.78 is 0. The SMILES string of the molecule is CNCCN(C)c1cc(Cl)ccc1Cl. The molecule has 0 amide bonds. The van der Waals surface area contributed by atoms with E-state index in [0.29, 0.717) is 5.02 Å². The second-order valence-corrected chi connectivity index (χ2v) is 3.96. The monoisotopic (exact) mass is 232 g/mol. The largest absolute Gasteiger partial charge is 0.372 e. The predicted octanol–water partition coefficient (Wildman–Crippen LogP) is 2.65. The fourth-order valence-corrected chi connectivity index (χ4v) is 1.61. The van der Waals surface area contributed by atoms with Gasteiger partial charge in [0.25, 0.3) is 0 Å². The van der Waals surface area contributed by atoms with Crippen LogP contribution in [0, 0.1) is 0 Å². The van der Waals surface area contributed by atoms with Gasteiger partial charge in [-0.2, -0.15) is 0 Å². The van der Waals surface area contributed by atoms with E-state index in [9.17, 15) is 0 Å². The molecule has 0 spiro atoms. The Morgan fingerprint density at radius 2 is 2.07 bits per heavy atom. The van der Waals surface area contributed by atoms with Crippen LogP contribution in [0.1, 0.15) is 0 Å². The van der Waals surface area contributed by atoms with Crippen molar-refractivity contribution in [3.8, 4) is 0 Å². The van der Waals surface area contributed by atoms with Gasteiger partial charge in [0.1, 0.15) is 0 Å². The number of anilines is 1. The number of likely N-dealkylation sites (N-methyl/N-ethyl adjacent to an activating group) is 2. The zero-order valence-corrected chi connectivity index (χ0v) is 9.86. The Morgan fingerprint density at radius 1 is 1.36 bits per heavy atom. The first-order chi connectivity index (χ1) is 6.65. The van der Waals surface area contributed by atoms with E-state index >= 15 is 0 Å². The molecule has 0 aromatic heterocycles. The number of halogens is 2. The van der Waals surface area contributed by atoms with Gasteiger partial charge in [-0.25, -0.2) is 0 Å². The molecule has 0 fully saturated rings. The number of nitrogens with zero attached hydrogens (tertiary/aromatic N) is 1. The molecule has 78 valence electrons. The Bertz CT molecular complexity index is 302. The predicted molar refractivity (Wildman–Crippen MR) is 63.7 cm³/mol. The Kier molecular flexibility index (Phi) is 4.52. The molecule has 0 bridgehead atoms. The zero-order chi connectivity index (χ0) is 10.6. The van der Waals surface area contributed by atoms with E-state index in [-0.39, 0.29) is 0 Å². The summed E-state index contributed by atoms with van der Waals surface area (Å²) in [4.78, 5) is 2.07. The third-order valence-electron chi connectivity index (χ3n) is 2.02. The van der Waals surface area contributed by atoms with Crippen molar-refractivity contribution in [2.75, 3.05) is 32.1 Å². The van der Waals surface area contributed by atoms with E-state index in [2.05, 4.69) is 10.2 Å². The van der Waals surface area contributed by atoms with Crippen LogP contribution >= 0.6 is 23.2 Å². The van der Waals surface area contributed by atoms with E-state index < -0.39 is 0 Å². The van der Waals surface area contributed by atoms with Crippen molar-refractivity contribution < 1.29 is 0 Å². The van der Waals surface area contributed by atoms with E-state index in [0.717, 1.165) is 23.8 Å². The van der Waals surface area contributed by atoms with Crippen LogP contribution in [0.4, 0.5) is 5.69 Å². The van der Waals surface area contributed by atoms with Gasteiger partial charge in [0.05, 0.1) is 10.7 Å². The highest BCUT2D eigenvalue weighted by Gasteiger charge is 2.05. The van der Waals surface area contributed by atoms with Crippen molar-refractivity contribution in [3.63, 3.8) is 0 Å². The molecule has 1 rings (SSSR count). The Balaban J connectivity index is 2.77. The molecule has 1 aromatic rings. The standard InChI is InChI=1S/C10H14Cl2N2/c1-13-5-6-14(2)10-7-8(11)3-4-9(10)12/h3-4,7,13H,5-6H2,1-2H3. The van der Waals surface area contributed by atoms with Gasteiger partial charge in [0.2, 0.25) is 0 Å². The minimum atomic E-state index is 0.709. The van der Waals surface area contributed by atoms with Crippen molar-refractivity contribution in [2.24, 2.45) is 0 Å². The molecule has 0 saturated carbocycles. The summed E-state index contributed by atoms with van der Waals surface area (Å²) in [6.45, 7) is 1.82. The minimum absolute atomic E-state index is 0.709. The van der Waals surface area contributed by atoms with Gasteiger partial charge in [-0.05, 0) is 25.2 Å². The maximum absolute atomic E-state index is 6.05. The molecule has 0 unspecified atom stereocenters. The van der Waals surface area contributed by atoms with Crippen LogP contribution in [0.2, 0.25) is 10.0 Å². The lowest BCUT2D eigenvalue weighted by molar-refractivity contribution is 0.768. The molecule has 0 aliphatic rings. The van der Waals surface area contributed by atoms with E-state index in [1.54, 1.807) is 6.07 Å². The van der Waals surface area contributed by atoms with Crippen LogP contribution < -0.4 is 10.2 Å². The fourth-order valence-electron chi connectivity index (χ4n) is 1.18. The van der Waals surface area contributed by atoms with Crippen molar-refractivity contribution in [1.82, 2.24) is 5.32 Å². The van der Waals surface area contributed by atoms with Crippen LogP contribution in [-0.4, -0.2) is 27.2 Å². The molecule has 0 atom stereocenters. The van der Waals surface area contributed by atoms with Gasteiger partial charge < -0.3 is 10.2 Å². The third kappa shape index (κ3) is 3.05. The average Bonchev–Trinajstić information content (AvgIpc) is 2.18. The normalized spacial score (nSPS) is 10.3. The molecule has 1 N–H and O–H groups in total. The number of benzene rings is 1. The van der Waals surface area contributed by atoms with Crippen molar-refractivity contribution in [3.05, 3.63) is 28.2 Å². The number of hydrogen-bond acceptors (Lipinski definition) is 2. The smallest absolute Gasteiger partial charge is 0.0640 e. The van der Waals surface area contributed by atoms with Gasteiger partial charge in [0.15, 0.2) is 0 Å². The number of hydrogen-bond donors (Lipinski definition) is 1.